The third kappa shape index (κ3) is 3.69. The van der Waals surface area contributed by atoms with Crippen LogP contribution in [0.3, 0.4) is 0 Å². The number of hydrogen-bond acceptors (Lipinski definition) is 4. The van der Waals surface area contributed by atoms with E-state index in [-0.39, 0.29) is 6.61 Å². The largest absolute Gasteiger partial charge is 0.390 e. The SMILES string of the molecule is N#Cc1cccc(/[C]=N\OCc2cccc(C#N)c2)c1. The van der Waals surface area contributed by atoms with Crippen molar-refractivity contribution in [3.63, 3.8) is 0 Å². The van der Waals surface area contributed by atoms with Crippen LogP contribution in [0.1, 0.15) is 22.3 Å². The van der Waals surface area contributed by atoms with Crippen LogP contribution >= 0.6 is 0 Å². The van der Waals surface area contributed by atoms with E-state index in [1.165, 1.54) is 0 Å². The van der Waals surface area contributed by atoms with Gasteiger partial charge in [-0.3, -0.25) is 0 Å². The highest BCUT2D eigenvalue weighted by Gasteiger charge is 1.96. The smallest absolute Gasteiger partial charge is 0.142 e. The van der Waals surface area contributed by atoms with Crippen molar-refractivity contribution in [3.05, 3.63) is 70.8 Å². The van der Waals surface area contributed by atoms with Gasteiger partial charge in [-0.05, 0) is 29.8 Å². The Labute approximate surface area is 117 Å². The average Bonchev–Trinajstić information content (AvgIpc) is 2.52. The van der Waals surface area contributed by atoms with Gasteiger partial charge in [0.05, 0.1) is 23.3 Å². The van der Waals surface area contributed by atoms with Gasteiger partial charge in [0.25, 0.3) is 0 Å². The van der Waals surface area contributed by atoms with E-state index < -0.39 is 0 Å². The van der Waals surface area contributed by atoms with E-state index in [0.717, 1.165) is 5.56 Å². The van der Waals surface area contributed by atoms with Crippen molar-refractivity contribution in [2.75, 3.05) is 0 Å². The zero-order valence-corrected chi connectivity index (χ0v) is 10.6. The van der Waals surface area contributed by atoms with E-state index >= 15 is 0 Å². The third-order valence-corrected chi connectivity index (χ3v) is 2.52. The van der Waals surface area contributed by atoms with Gasteiger partial charge in [-0.1, -0.05) is 29.4 Å². The minimum Gasteiger partial charge on any atom is -0.390 e. The van der Waals surface area contributed by atoms with Crippen LogP contribution in [0.2, 0.25) is 0 Å². The third-order valence-electron chi connectivity index (χ3n) is 2.52. The van der Waals surface area contributed by atoms with Crippen molar-refractivity contribution < 1.29 is 4.84 Å². The first-order valence-electron chi connectivity index (χ1n) is 5.89. The molecule has 0 saturated carbocycles. The van der Waals surface area contributed by atoms with Gasteiger partial charge in [-0.25, -0.2) is 0 Å². The van der Waals surface area contributed by atoms with Gasteiger partial charge >= 0.3 is 0 Å². The molecule has 1 radical (unpaired) electrons. The molecule has 0 fully saturated rings. The summed E-state index contributed by atoms with van der Waals surface area (Å²) in [7, 11) is 0. The van der Waals surface area contributed by atoms with Crippen LogP contribution in [-0.2, 0) is 11.4 Å². The Hall–Kier alpha value is -3.11. The molecule has 0 unspecified atom stereocenters. The van der Waals surface area contributed by atoms with Crippen LogP contribution in [0.5, 0.6) is 0 Å². The van der Waals surface area contributed by atoms with E-state index in [2.05, 4.69) is 17.4 Å². The highest BCUT2D eigenvalue weighted by atomic mass is 16.6. The summed E-state index contributed by atoms with van der Waals surface area (Å²) in [4.78, 5) is 5.12. The highest BCUT2D eigenvalue weighted by molar-refractivity contribution is 5.79. The van der Waals surface area contributed by atoms with Crippen LogP contribution < -0.4 is 0 Å². The molecule has 2 rings (SSSR count). The first-order chi connectivity index (χ1) is 9.81. The normalized spacial score (nSPS) is 9.90. The summed E-state index contributed by atoms with van der Waals surface area (Å²) in [5.41, 5.74) is 2.67. The fraction of sp³-hybridized carbons (Fsp3) is 0.0625. The van der Waals surface area contributed by atoms with Crippen LogP contribution in [0.15, 0.2) is 53.7 Å². The monoisotopic (exact) mass is 260 g/mol. The second kappa shape index (κ2) is 6.72. The van der Waals surface area contributed by atoms with Crippen molar-refractivity contribution in [3.8, 4) is 12.1 Å². The predicted octanol–water partition coefficient (Wildman–Crippen LogP) is 2.86. The maximum atomic E-state index is 8.78. The summed E-state index contributed by atoms with van der Waals surface area (Å²) in [6, 6.07) is 18.1. The van der Waals surface area contributed by atoms with Crippen molar-refractivity contribution in [2.24, 2.45) is 5.16 Å². The van der Waals surface area contributed by atoms with Gasteiger partial charge in [-0.15, -0.1) is 0 Å². The first kappa shape index (κ1) is 13.3. The van der Waals surface area contributed by atoms with E-state index in [4.69, 9.17) is 15.4 Å². The van der Waals surface area contributed by atoms with E-state index in [9.17, 15) is 0 Å². The summed E-state index contributed by atoms with van der Waals surface area (Å²) in [5.74, 6) is 0. The molecule has 2 aromatic rings. The van der Waals surface area contributed by atoms with E-state index in [1.54, 1.807) is 42.5 Å². The Kier molecular flexibility index (Phi) is 4.48. The zero-order valence-electron chi connectivity index (χ0n) is 10.6. The molecule has 0 heterocycles. The second-order valence-corrected chi connectivity index (χ2v) is 3.98. The van der Waals surface area contributed by atoms with E-state index in [1.807, 2.05) is 12.1 Å². The molecule has 0 aliphatic heterocycles. The fourth-order valence-electron chi connectivity index (χ4n) is 1.58. The molecule has 0 bridgehead atoms. The highest BCUT2D eigenvalue weighted by Crippen LogP contribution is 2.06. The van der Waals surface area contributed by atoms with E-state index in [0.29, 0.717) is 16.7 Å². The minimum atomic E-state index is 0.264. The van der Waals surface area contributed by atoms with Crippen LogP contribution in [-0.4, -0.2) is 6.21 Å². The topological polar surface area (TPSA) is 69.2 Å². The van der Waals surface area contributed by atoms with Gasteiger partial charge in [0.1, 0.15) is 12.8 Å². The number of nitrogens with zero attached hydrogens (tertiary/aromatic N) is 3. The number of hydrogen-bond donors (Lipinski definition) is 0. The maximum Gasteiger partial charge on any atom is 0.142 e. The molecule has 4 heteroatoms. The van der Waals surface area contributed by atoms with Crippen molar-refractivity contribution >= 4 is 6.21 Å². The van der Waals surface area contributed by atoms with Gasteiger partial charge in [0.15, 0.2) is 0 Å². The molecule has 0 aromatic heterocycles. The predicted molar refractivity (Wildman–Crippen MR) is 73.6 cm³/mol. The Bertz CT molecular complexity index is 708. The van der Waals surface area contributed by atoms with Crippen LogP contribution in [0.25, 0.3) is 0 Å². The molecule has 0 aliphatic carbocycles. The van der Waals surface area contributed by atoms with Gasteiger partial charge < -0.3 is 4.84 Å². The van der Waals surface area contributed by atoms with Crippen molar-refractivity contribution in [1.29, 1.82) is 10.5 Å². The molecule has 0 aliphatic rings. The molecular formula is C16H10N3O. The Morgan fingerprint density at radius 2 is 1.55 bits per heavy atom. The molecule has 0 spiro atoms. The lowest BCUT2D eigenvalue weighted by Gasteiger charge is -1.99. The quantitative estimate of drug-likeness (QED) is 0.627. The molecule has 20 heavy (non-hydrogen) atoms. The number of rotatable bonds is 4. The summed E-state index contributed by atoms with van der Waals surface area (Å²) in [6.45, 7) is 0.264. The average molecular weight is 260 g/mol. The maximum absolute atomic E-state index is 8.78. The van der Waals surface area contributed by atoms with Crippen molar-refractivity contribution in [2.45, 2.75) is 6.61 Å². The minimum absolute atomic E-state index is 0.264. The molecule has 0 saturated heterocycles. The lowest BCUT2D eigenvalue weighted by Crippen LogP contribution is -1.89. The molecule has 4 nitrogen and oxygen atoms in total. The lowest BCUT2D eigenvalue weighted by atomic mass is 10.1. The Morgan fingerprint density at radius 3 is 2.30 bits per heavy atom. The van der Waals surface area contributed by atoms with Gasteiger partial charge in [0.2, 0.25) is 0 Å². The molecule has 2 aromatic carbocycles. The molecule has 0 amide bonds. The summed E-state index contributed by atoms with van der Waals surface area (Å²) >= 11 is 0. The zero-order chi connectivity index (χ0) is 14.2. The standard InChI is InChI=1S/C16H10N3O/c17-9-13-3-1-5-15(7-13)11-19-20-12-16-6-2-4-14(8-16)10-18/h1-8H,12H2. The number of nitriles is 2. The summed E-state index contributed by atoms with van der Waals surface area (Å²) < 4.78 is 0. The van der Waals surface area contributed by atoms with Gasteiger partial charge in [0, 0.05) is 5.56 Å². The van der Waals surface area contributed by atoms with Crippen molar-refractivity contribution in [1.82, 2.24) is 0 Å². The molecule has 0 atom stereocenters. The molecule has 95 valence electrons. The Balaban J connectivity index is 1.93. The summed E-state index contributed by atoms with van der Waals surface area (Å²) in [6.07, 6.45) is 2.70. The molecular weight excluding hydrogens is 250 g/mol. The second-order valence-electron chi connectivity index (χ2n) is 3.98. The van der Waals surface area contributed by atoms with Crippen LogP contribution in [0.4, 0.5) is 0 Å². The van der Waals surface area contributed by atoms with Crippen LogP contribution in [0, 0.1) is 22.7 Å². The van der Waals surface area contributed by atoms with Gasteiger partial charge in [-0.2, -0.15) is 10.5 Å². The fourth-order valence-corrected chi connectivity index (χ4v) is 1.58. The number of benzene rings is 2. The summed E-state index contributed by atoms with van der Waals surface area (Å²) in [5, 5.41) is 21.3. The lowest BCUT2D eigenvalue weighted by molar-refractivity contribution is 0.132. The first-order valence-corrected chi connectivity index (χ1v) is 5.89. The molecule has 0 N–H and O–H groups in total. The Morgan fingerprint density at radius 1 is 0.900 bits per heavy atom.